The number of rotatable bonds is 3. The molecule has 0 aliphatic heterocycles. The van der Waals surface area contributed by atoms with Gasteiger partial charge in [-0.25, -0.2) is 0 Å². The van der Waals surface area contributed by atoms with E-state index in [1.54, 1.807) is 0 Å². The smallest absolute Gasteiger partial charge is 0.134 e. The third kappa shape index (κ3) is 2.91. The SMILES string of the molecule is CCc1ccc(Oc2cc(O)cc(O)c2)cc1. The number of ether oxygens (including phenoxy) is 1. The van der Waals surface area contributed by atoms with Gasteiger partial charge in [-0.05, 0) is 24.1 Å². The van der Waals surface area contributed by atoms with E-state index in [9.17, 15) is 10.2 Å². The highest BCUT2D eigenvalue weighted by atomic mass is 16.5. The number of phenolic OH excluding ortho intramolecular Hbond substituents is 2. The Bertz CT molecular complexity index is 483. The lowest BCUT2D eigenvalue weighted by atomic mass is 10.2. The molecule has 3 heteroatoms. The van der Waals surface area contributed by atoms with E-state index in [-0.39, 0.29) is 11.5 Å². The lowest BCUT2D eigenvalue weighted by molar-refractivity contribution is 0.431. The molecule has 2 aromatic carbocycles. The number of phenols is 2. The van der Waals surface area contributed by atoms with E-state index in [0.717, 1.165) is 6.42 Å². The van der Waals surface area contributed by atoms with Crippen LogP contribution in [0.3, 0.4) is 0 Å². The van der Waals surface area contributed by atoms with Gasteiger partial charge in [0.15, 0.2) is 0 Å². The Morgan fingerprint density at radius 2 is 1.47 bits per heavy atom. The molecule has 17 heavy (non-hydrogen) atoms. The highest BCUT2D eigenvalue weighted by Crippen LogP contribution is 2.29. The summed E-state index contributed by atoms with van der Waals surface area (Å²) in [6.07, 6.45) is 0.979. The van der Waals surface area contributed by atoms with Crippen LogP contribution in [0.25, 0.3) is 0 Å². The summed E-state index contributed by atoms with van der Waals surface area (Å²) in [4.78, 5) is 0. The van der Waals surface area contributed by atoms with E-state index in [0.29, 0.717) is 11.5 Å². The van der Waals surface area contributed by atoms with Crippen LogP contribution in [-0.4, -0.2) is 10.2 Å². The maximum absolute atomic E-state index is 9.31. The summed E-state index contributed by atoms with van der Waals surface area (Å²) in [5.41, 5.74) is 1.23. The highest BCUT2D eigenvalue weighted by Gasteiger charge is 2.01. The van der Waals surface area contributed by atoms with Crippen LogP contribution in [-0.2, 0) is 6.42 Å². The van der Waals surface area contributed by atoms with Gasteiger partial charge in [0.2, 0.25) is 0 Å². The first-order valence-electron chi connectivity index (χ1n) is 5.47. The van der Waals surface area contributed by atoms with Gasteiger partial charge in [0.1, 0.15) is 23.0 Å². The van der Waals surface area contributed by atoms with Crippen LogP contribution in [0.2, 0.25) is 0 Å². The monoisotopic (exact) mass is 230 g/mol. The first kappa shape index (κ1) is 11.3. The van der Waals surface area contributed by atoms with Crippen molar-refractivity contribution in [2.45, 2.75) is 13.3 Å². The van der Waals surface area contributed by atoms with Gasteiger partial charge in [0, 0.05) is 18.2 Å². The van der Waals surface area contributed by atoms with E-state index in [1.807, 2.05) is 24.3 Å². The molecular formula is C14H14O3. The molecule has 3 nitrogen and oxygen atoms in total. The molecule has 0 fully saturated rings. The molecule has 0 bridgehead atoms. The van der Waals surface area contributed by atoms with Crippen LogP contribution in [0.1, 0.15) is 12.5 Å². The van der Waals surface area contributed by atoms with Crippen molar-refractivity contribution >= 4 is 0 Å². The topological polar surface area (TPSA) is 49.7 Å². The standard InChI is InChI=1S/C14H14O3/c1-2-10-3-5-13(6-4-10)17-14-8-11(15)7-12(16)9-14/h3-9,15-16H,2H2,1H3. The summed E-state index contributed by atoms with van der Waals surface area (Å²) in [6, 6.07) is 11.9. The Kier molecular flexibility index (Phi) is 3.19. The molecule has 2 N–H and O–H groups in total. The zero-order valence-corrected chi connectivity index (χ0v) is 9.55. The molecular weight excluding hydrogens is 216 g/mol. The van der Waals surface area contributed by atoms with Crippen LogP contribution in [0, 0.1) is 0 Å². The van der Waals surface area contributed by atoms with Gasteiger partial charge in [-0.3, -0.25) is 0 Å². The molecule has 0 aliphatic rings. The molecule has 0 saturated carbocycles. The van der Waals surface area contributed by atoms with Gasteiger partial charge in [-0.2, -0.15) is 0 Å². The predicted octanol–water partition coefficient (Wildman–Crippen LogP) is 3.45. The van der Waals surface area contributed by atoms with E-state index in [4.69, 9.17) is 4.74 Å². The van der Waals surface area contributed by atoms with Gasteiger partial charge in [0.05, 0.1) is 0 Å². The number of aryl methyl sites for hydroxylation is 1. The van der Waals surface area contributed by atoms with Gasteiger partial charge < -0.3 is 14.9 Å². The summed E-state index contributed by atoms with van der Waals surface area (Å²) >= 11 is 0. The second-order valence-corrected chi connectivity index (χ2v) is 3.78. The first-order valence-corrected chi connectivity index (χ1v) is 5.47. The minimum atomic E-state index is -0.0230. The maximum Gasteiger partial charge on any atom is 0.134 e. The van der Waals surface area contributed by atoms with Gasteiger partial charge in [0.25, 0.3) is 0 Å². The molecule has 0 spiro atoms. The van der Waals surface area contributed by atoms with Crippen molar-refractivity contribution in [2.24, 2.45) is 0 Å². The Hall–Kier alpha value is -2.16. The lowest BCUT2D eigenvalue weighted by Gasteiger charge is -2.07. The summed E-state index contributed by atoms with van der Waals surface area (Å²) in [5, 5.41) is 18.6. The fraction of sp³-hybridized carbons (Fsp3) is 0.143. The zero-order chi connectivity index (χ0) is 12.3. The average molecular weight is 230 g/mol. The fourth-order valence-corrected chi connectivity index (χ4v) is 1.56. The molecule has 0 aromatic heterocycles. The summed E-state index contributed by atoms with van der Waals surface area (Å²) < 4.78 is 5.52. The summed E-state index contributed by atoms with van der Waals surface area (Å²) in [7, 11) is 0. The van der Waals surface area contributed by atoms with Gasteiger partial charge in [-0.1, -0.05) is 19.1 Å². The molecule has 0 radical (unpaired) electrons. The lowest BCUT2D eigenvalue weighted by Crippen LogP contribution is -1.85. The number of hydrogen-bond donors (Lipinski definition) is 2. The summed E-state index contributed by atoms with van der Waals surface area (Å²) in [5.74, 6) is 1.04. The van der Waals surface area contributed by atoms with E-state index in [2.05, 4.69) is 6.92 Å². The molecule has 0 amide bonds. The van der Waals surface area contributed by atoms with E-state index < -0.39 is 0 Å². The number of hydrogen-bond acceptors (Lipinski definition) is 3. The van der Waals surface area contributed by atoms with Crippen molar-refractivity contribution in [1.29, 1.82) is 0 Å². The predicted molar refractivity (Wildman–Crippen MR) is 65.7 cm³/mol. The Balaban J connectivity index is 2.19. The molecule has 0 saturated heterocycles. The van der Waals surface area contributed by atoms with Crippen molar-refractivity contribution in [3.8, 4) is 23.0 Å². The zero-order valence-electron chi connectivity index (χ0n) is 9.55. The largest absolute Gasteiger partial charge is 0.508 e. The molecule has 2 rings (SSSR count). The van der Waals surface area contributed by atoms with Crippen LogP contribution < -0.4 is 4.74 Å². The minimum Gasteiger partial charge on any atom is -0.508 e. The van der Waals surface area contributed by atoms with Crippen molar-refractivity contribution in [3.05, 3.63) is 48.0 Å². The van der Waals surface area contributed by atoms with Crippen LogP contribution in [0.5, 0.6) is 23.0 Å². The highest BCUT2D eigenvalue weighted by molar-refractivity contribution is 5.42. The second-order valence-electron chi connectivity index (χ2n) is 3.78. The van der Waals surface area contributed by atoms with Crippen molar-refractivity contribution < 1.29 is 14.9 Å². The number of benzene rings is 2. The first-order chi connectivity index (χ1) is 8.17. The third-order valence-corrected chi connectivity index (χ3v) is 2.44. The third-order valence-electron chi connectivity index (χ3n) is 2.44. The van der Waals surface area contributed by atoms with Crippen LogP contribution >= 0.6 is 0 Å². The molecule has 0 aliphatic carbocycles. The Labute approximate surface area is 99.9 Å². The van der Waals surface area contributed by atoms with E-state index >= 15 is 0 Å². The Morgan fingerprint density at radius 3 is 2.00 bits per heavy atom. The van der Waals surface area contributed by atoms with Gasteiger partial charge in [-0.15, -0.1) is 0 Å². The molecule has 0 heterocycles. The molecule has 2 aromatic rings. The maximum atomic E-state index is 9.31. The minimum absolute atomic E-state index is 0.0230. The average Bonchev–Trinajstić information content (AvgIpc) is 2.28. The van der Waals surface area contributed by atoms with Crippen LogP contribution in [0.4, 0.5) is 0 Å². The quantitative estimate of drug-likeness (QED) is 0.849. The number of aromatic hydroxyl groups is 2. The van der Waals surface area contributed by atoms with E-state index in [1.165, 1.54) is 23.8 Å². The molecule has 88 valence electrons. The van der Waals surface area contributed by atoms with Crippen molar-refractivity contribution in [2.75, 3.05) is 0 Å². The molecule has 0 atom stereocenters. The van der Waals surface area contributed by atoms with Gasteiger partial charge >= 0.3 is 0 Å². The summed E-state index contributed by atoms with van der Waals surface area (Å²) in [6.45, 7) is 2.09. The van der Waals surface area contributed by atoms with Crippen molar-refractivity contribution in [1.82, 2.24) is 0 Å². The second kappa shape index (κ2) is 4.78. The Morgan fingerprint density at radius 1 is 0.882 bits per heavy atom. The fourth-order valence-electron chi connectivity index (χ4n) is 1.56. The molecule has 0 unspecified atom stereocenters. The van der Waals surface area contributed by atoms with Crippen LogP contribution in [0.15, 0.2) is 42.5 Å². The normalized spacial score (nSPS) is 10.2. The van der Waals surface area contributed by atoms with Crippen molar-refractivity contribution in [3.63, 3.8) is 0 Å².